The second-order valence-electron chi connectivity index (χ2n) is 6.91. The van der Waals surface area contributed by atoms with Crippen LogP contribution in [0.4, 0.5) is 0 Å². The monoisotopic (exact) mass is 518 g/mol. The molecule has 1 N–H and O–H groups in total. The average Bonchev–Trinajstić information content (AvgIpc) is 2.74. The molecule has 0 saturated heterocycles. The van der Waals surface area contributed by atoms with Crippen molar-refractivity contribution in [3.8, 4) is 22.6 Å². The lowest BCUT2D eigenvalue weighted by Gasteiger charge is -2.14. The first-order chi connectivity index (χ1) is 15.0. The van der Waals surface area contributed by atoms with Crippen molar-refractivity contribution in [2.45, 2.75) is 6.42 Å². The minimum absolute atomic E-state index is 0.0205. The van der Waals surface area contributed by atoms with Crippen LogP contribution < -0.4 is 10.4 Å². The van der Waals surface area contributed by atoms with E-state index in [0.29, 0.717) is 39.8 Å². The molecule has 0 saturated carbocycles. The fourth-order valence-electron chi connectivity index (χ4n) is 3.47. The van der Waals surface area contributed by atoms with Crippen molar-refractivity contribution in [3.05, 3.63) is 92.3 Å². The molecule has 0 radical (unpaired) electrons. The zero-order valence-corrected chi connectivity index (χ0v) is 19.3. The Labute approximate surface area is 197 Å². The van der Waals surface area contributed by atoms with E-state index in [2.05, 4.69) is 15.9 Å². The van der Waals surface area contributed by atoms with Gasteiger partial charge >= 0.3 is 5.63 Å². The Kier molecular flexibility index (Phi) is 6.56. The second kappa shape index (κ2) is 9.35. The van der Waals surface area contributed by atoms with Crippen LogP contribution in [0, 0.1) is 0 Å². The number of hydrogen-bond donors (Lipinski definition) is 1. The number of phenolic OH excluding ortho intramolecular Hbond substituents is 1. The highest BCUT2D eigenvalue weighted by Gasteiger charge is 2.19. The first-order valence-corrected chi connectivity index (χ1v) is 11.4. The molecule has 0 amide bonds. The molecule has 0 aliphatic rings. The number of fused-ring (bicyclic) bond motifs is 1. The van der Waals surface area contributed by atoms with E-state index in [1.165, 1.54) is 6.07 Å². The normalized spacial score (nSPS) is 11.1. The molecule has 158 valence electrons. The van der Waals surface area contributed by atoms with Gasteiger partial charge in [-0.25, -0.2) is 4.79 Å². The van der Waals surface area contributed by atoms with E-state index in [1.54, 1.807) is 30.3 Å². The number of ether oxygens (including phenoxy) is 1. The highest BCUT2D eigenvalue weighted by atomic mass is 79.9. The first-order valence-electron chi connectivity index (χ1n) is 9.48. The van der Waals surface area contributed by atoms with Gasteiger partial charge in [-0.05, 0) is 53.9 Å². The van der Waals surface area contributed by atoms with Crippen LogP contribution in [0.5, 0.6) is 11.5 Å². The zero-order chi connectivity index (χ0) is 22.0. The van der Waals surface area contributed by atoms with E-state index >= 15 is 0 Å². The van der Waals surface area contributed by atoms with E-state index in [-0.39, 0.29) is 5.75 Å². The van der Waals surface area contributed by atoms with E-state index in [1.807, 2.05) is 24.3 Å². The molecule has 0 fully saturated rings. The van der Waals surface area contributed by atoms with Crippen molar-refractivity contribution in [1.29, 1.82) is 0 Å². The van der Waals surface area contributed by atoms with Gasteiger partial charge in [-0.1, -0.05) is 57.3 Å². The Hall–Kier alpha value is -2.47. The summed E-state index contributed by atoms with van der Waals surface area (Å²) in [4.78, 5) is 13.0. The SMILES string of the molecule is O=c1oc2cc(O)ccc2c(Cc2ccc(OCCBr)cc2)c1-c1ccc(Cl)cc1Cl. The maximum Gasteiger partial charge on any atom is 0.344 e. The summed E-state index contributed by atoms with van der Waals surface area (Å²) in [7, 11) is 0. The van der Waals surface area contributed by atoms with Crippen LogP contribution in [0.15, 0.2) is 69.9 Å². The van der Waals surface area contributed by atoms with E-state index in [0.717, 1.165) is 27.6 Å². The number of alkyl halides is 1. The lowest BCUT2D eigenvalue weighted by molar-refractivity contribution is 0.345. The van der Waals surface area contributed by atoms with Gasteiger partial charge in [0.2, 0.25) is 0 Å². The van der Waals surface area contributed by atoms with Gasteiger partial charge in [-0.2, -0.15) is 0 Å². The summed E-state index contributed by atoms with van der Waals surface area (Å²) in [6.07, 6.45) is 0.458. The topological polar surface area (TPSA) is 59.7 Å². The molecule has 1 heterocycles. The third-order valence-corrected chi connectivity index (χ3v) is 5.72. The standard InChI is InChI=1S/C24H17BrCl2O4/c25-9-10-30-17-5-1-14(2-6-17)11-20-18-8-4-16(28)13-22(18)31-24(29)23(20)19-7-3-15(26)12-21(19)27/h1-8,12-13,28H,9-11H2. The van der Waals surface area contributed by atoms with Gasteiger partial charge in [0.1, 0.15) is 17.1 Å². The predicted octanol–water partition coefficient (Wildman–Crippen LogP) is 6.84. The van der Waals surface area contributed by atoms with Gasteiger partial charge in [0.05, 0.1) is 17.2 Å². The second-order valence-corrected chi connectivity index (χ2v) is 8.54. The third kappa shape index (κ3) is 4.74. The average molecular weight is 520 g/mol. The summed E-state index contributed by atoms with van der Waals surface area (Å²) in [6.45, 7) is 0.576. The zero-order valence-electron chi connectivity index (χ0n) is 16.2. The molecule has 4 rings (SSSR count). The number of halogens is 3. The molecule has 0 aliphatic heterocycles. The predicted molar refractivity (Wildman–Crippen MR) is 128 cm³/mol. The first kappa shape index (κ1) is 21.8. The van der Waals surface area contributed by atoms with Crippen molar-refractivity contribution in [2.75, 3.05) is 11.9 Å². The fourth-order valence-corrected chi connectivity index (χ4v) is 4.13. The van der Waals surface area contributed by atoms with Crippen molar-refractivity contribution >= 4 is 50.1 Å². The minimum atomic E-state index is -0.533. The van der Waals surface area contributed by atoms with Crippen LogP contribution in [0.1, 0.15) is 11.1 Å². The third-order valence-electron chi connectivity index (χ3n) is 4.85. The maximum absolute atomic E-state index is 13.0. The molecule has 0 unspecified atom stereocenters. The van der Waals surface area contributed by atoms with Gasteiger partial charge in [0, 0.05) is 27.4 Å². The van der Waals surface area contributed by atoms with Crippen molar-refractivity contribution in [1.82, 2.24) is 0 Å². The summed E-state index contributed by atoms with van der Waals surface area (Å²) >= 11 is 15.8. The molecule has 7 heteroatoms. The van der Waals surface area contributed by atoms with Crippen LogP contribution in [-0.4, -0.2) is 17.0 Å². The quantitative estimate of drug-likeness (QED) is 0.224. The summed E-state index contributed by atoms with van der Waals surface area (Å²) in [5.74, 6) is 0.790. The Morgan fingerprint density at radius 1 is 1.00 bits per heavy atom. The molecular weight excluding hydrogens is 503 g/mol. The van der Waals surface area contributed by atoms with Gasteiger partial charge in [-0.15, -0.1) is 0 Å². The largest absolute Gasteiger partial charge is 0.508 e. The molecule has 31 heavy (non-hydrogen) atoms. The number of phenols is 1. The van der Waals surface area contributed by atoms with E-state index < -0.39 is 5.63 Å². The molecule has 3 aromatic carbocycles. The number of rotatable bonds is 6. The van der Waals surface area contributed by atoms with E-state index in [4.69, 9.17) is 32.4 Å². The fraction of sp³-hybridized carbons (Fsp3) is 0.125. The van der Waals surface area contributed by atoms with Crippen LogP contribution in [0.3, 0.4) is 0 Å². The van der Waals surface area contributed by atoms with Gasteiger partial charge < -0.3 is 14.3 Å². The molecule has 1 aromatic heterocycles. The molecule has 0 aliphatic carbocycles. The van der Waals surface area contributed by atoms with Crippen molar-refractivity contribution in [2.24, 2.45) is 0 Å². The van der Waals surface area contributed by atoms with E-state index in [9.17, 15) is 9.90 Å². The number of hydrogen-bond acceptors (Lipinski definition) is 4. The molecule has 4 aromatic rings. The summed E-state index contributed by atoms with van der Waals surface area (Å²) in [6, 6.07) is 17.4. The Morgan fingerprint density at radius 3 is 2.48 bits per heavy atom. The maximum atomic E-state index is 13.0. The lowest BCUT2D eigenvalue weighted by atomic mass is 9.93. The van der Waals surface area contributed by atoms with Gasteiger partial charge in [-0.3, -0.25) is 0 Å². The van der Waals surface area contributed by atoms with Gasteiger partial charge in [0.25, 0.3) is 0 Å². The summed E-state index contributed by atoms with van der Waals surface area (Å²) < 4.78 is 11.1. The molecule has 0 atom stereocenters. The smallest absolute Gasteiger partial charge is 0.344 e. The van der Waals surface area contributed by atoms with Crippen LogP contribution in [-0.2, 0) is 6.42 Å². The highest BCUT2D eigenvalue weighted by molar-refractivity contribution is 9.09. The molecule has 0 spiro atoms. The van der Waals surface area contributed by atoms with Crippen molar-refractivity contribution in [3.63, 3.8) is 0 Å². The minimum Gasteiger partial charge on any atom is -0.508 e. The molecule has 0 bridgehead atoms. The Balaban J connectivity index is 1.88. The highest BCUT2D eigenvalue weighted by Crippen LogP contribution is 2.35. The summed E-state index contributed by atoms with van der Waals surface area (Å²) in [5.41, 5.74) is 2.43. The van der Waals surface area contributed by atoms with Crippen LogP contribution in [0.25, 0.3) is 22.1 Å². The van der Waals surface area contributed by atoms with Crippen LogP contribution >= 0.6 is 39.1 Å². The van der Waals surface area contributed by atoms with Gasteiger partial charge in [0.15, 0.2) is 0 Å². The number of aromatic hydroxyl groups is 1. The Morgan fingerprint density at radius 2 is 1.77 bits per heavy atom. The molecular formula is C24H17BrCl2O4. The molecule has 4 nitrogen and oxygen atoms in total. The van der Waals surface area contributed by atoms with Crippen molar-refractivity contribution < 1.29 is 14.3 Å². The Bertz CT molecular complexity index is 1300. The van der Waals surface area contributed by atoms with Crippen LogP contribution in [0.2, 0.25) is 10.0 Å². The lowest BCUT2D eigenvalue weighted by Crippen LogP contribution is -2.09. The number of benzene rings is 3. The summed E-state index contributed by atoms with van der Waals surface area (Å²) in [5, 5.41) is 12.2.